The Hall–Kier alpha value is -1.02. The molecule has 1 aromatic carbocycles. The Kier molecular flexibility index (Phi) is 5.94. The molecule has 16 heavy (non-hydrogen) atoms. The first-order chi connectivity index (χ1) is 7.76. The van der Waals surface area contributed by atoms with Crippen molar-refractivity contribution in [2.75, 3.05) is 13.2 Å². The predicted molar refractivity (Wildman–Crippen MR) is 69.1 cm³/mol. The van der Waals surface area contributed by atoms with Gasteiger partial charge in [0.05, 0.1) is 0 Å². The molecule has 0 saturated carbocycles. The van der Waals surface area contributed by atoms with Crippen LogP contribution in [0.1, 0.15) is 32.8 Å². The lowest BCUT2D eigenvalue weighted by atomic mass is 10.2. The van der Waals surface area contributed by atoms with Crippen LogP contribution >= 0.6 is 0 Å². The molecule has 0 aromatic heterocycles. The molecule has 0 spiro atoms. The quantitative estimate of drug-likeness (QED) is 0.715. The van der Waals surface area contributed by atoms with Crippen LogP contribution in [0.5, 0.6) is 5.75 Å². The molecular weight excluding hydrogens is 198 g/mol. The number of hydrogen-bond donors (Lipinski definition) is 1. The fourth-order valence-electron chi connectivity index (χ4n) is 1.47. The van der Waals surface area contributed by atoms with Crippen LogP contribution in [-0.2, 0) is 6.42 Å². The van der Waals surface area contributed by atoms with Gasteiger partial charge in [0.15, 0.2) is 0 Å². The molecule has 0 amide bonds. The lowest BCUT2D eigenvalue weighted by Gasteiger charge is -2.12. The summed E-state index contributed by atoms with van der Waals surface area (Å²) in [5, 5.41) is 3.41. The second-order valence-corrected chi connectivity index (χ2v) is 4.11. The summed E-state index contributed by atoms with van der Waals surface area (Å²) in [4.78, 5) is 0. The third-order valence-corrected chi connectivity index (χ3v) is 2.78. The van der Waals surface area contributed by atoms with E-state index in [0.717, 1.165) is 31.7 Å². The molecule has 2 heteroatoms. The number of benzene rings is 1. The van der Waals surface area contributed by atoms with E-state index in [-0.39, 0.29) is 0 Å². The van der Waals surface area contributed by atoms with Crippen molar-refractivity contribution in [3.05, 3.63) is 29.8 Å². The first kappa shape index (κ1) is 13.0. The largest absolute Gasteiger partial charge is 0.492 e. The molecule has 1 aromatic rings. The van der Waals surface area contributed by atoms with Crippen molar-refractivity contribution in [1.29, 1.82) is 0 Å². The van der Waals surface area contributed by atoms with Gasteiger partial charge >= 0.3 is 0 Å². The monoisotopic (exact) mass is 221 g/mol. The average molecular weight is 221 g/mol. The molecule has 0 fully saturated rings. The molecule has 0 aliphatic rings. The Balaban J connectivity index is 2.26. The maximum absolute atomic E-state index is 5.68. The lowest BCUT2D eigenvalue weighted by molar-refractivity contribution is 0.306. The number of aryl methyl sites for hydroxylation is 1. The number of ether oxygens (including phenoxy) is 1. The highest BCUT2D eigenvalue weighted by Gasteiger charge is 1.98. The topological polar surface area (TPSA) is 21.3 Å². The first-order valence-corrected chi connectivity index (χ1v) is 6.21. The molecule has 1 atom stereocenters. The maximum atomic E-state index is 5.68. The predicted octanol–water partition coefficient (Wildman–Crippen LogP) is 3.02. The third-order valence-electron chi connectivity index (χ3n) is 2.78. The SMILES string of the molecule is CCc1cccc(OCCNC(C)CC)c1. The zero-order chi connectivity index (χ0) is 11.8. The van der Waals surface area contributed by atoms with Crippen molar-refractivity contribution < 1.29 is 4.74 Å². The summed E-state index contributed by atoms with van der Waals surface area (Å²) < 4.78 is 5.68. The van der Waals surface area contributed by atoms with Crippen LogP contribution in [0.4, 0.5) is 0 Å². The van der Waals surface area contributed by atoms with E-state index >= 15 is 0 Å². The molecule has 0 heterocycles. The second kappa shape index (κ2) is 7.29. The van der Waals surface area contributed by atoms with E-state index < -0.39 is 0 Å². The highest BCUT2D eigenvalue weighted by atomic mass is 16.5. The van der Waals surface area contributed by atoms with Crippen LogP contribution in [0.3, 0.4) is 0 Å². The van der Waals surface area contributed by atoms with Crippen LogP contribution in [0.15, 0.2) is 24.3 Å². The van der Waals surface area contributed by atoms with E-state index in [1.54, 1.807) is 0 Å². The highest BCUT2D eigenvalue weighted by Crippen LogP contribution is 2.13. The van der Waals surface area contributed by atoms with Gasteiger partial charge in [0.1, 0.15) is 12.4 Å². The highest BCUT2D eigenvalue weighted by molar-refractivity contribution is 5.28. The van der Waals surface area contributed by atoms with Gasteiger partial charge in [-0.05, 0) is 37.5 Å². The molecule has 2 nitrogen and oxygen atoms in total. The molecule has 90 valence electrons. The summed E-state index contributed by atoms with van der Waals surface area (Å²) in [6.45, 7) is 8.17. The summed E-state index contributed by atoms with van der Waals surface area (Å²) in [6.07, 6.45) is 2.22. The Labute approximate surface area is 99.0 Å². The molecule has 0 saturated heterocycles. The van der Waals surface area contributed by atoms with Crippen molar-refractivity contribution >= 4 is 0 Å². The molecular formula is C14H23NO. The minimum atomic E-state index is 0.575. The summed E-state index contributed by atoms with van der Waals surface area (Å²) in [6, 6.07) is 8.89. The van der Waals surface area contributed by atoms with Crippen molar-refractivity contribution in [2.24, 2.45) is 0 Å². The standard InChI is InChI=1S/C14H23NO/c1-4-12(3)15-9-10-16-14-8-6-7-13(5-2)11-14/h6-8,11-12,15H,4-5,9-10H2,1-3H3. The van der Waals surface area contributed by atoms with Crippen LogP contribution in [0, 0.1) is 0 Å². The number of nitrogens with one attached hydrogen (secondary N) is 1. The Morgan fingerprint density at radius 2 is 2.12 bits per heavy atom. The van der Waals surface area contributed by atoms with Crippen LogP contribution in [0.25, 0.3) is 0 Å². The first-order valence-electron chi connectivity index (χ1n) is 6.21. The third kappa shape index (κ3) is 4.67. The van der Waals surface area contributed by atoms with Gasteiger partial charge in [0.2, 0.25) is 0 Å². The number of rotatable bonds is 7. The summed E-state index contributed by atoms with van der Waals surface area (Å²) in [5.74, 6) is 0.977. The van der Waals surface area contributed by atoms with E-state index in [4.69, 9.17) is 4.74 Å². The van der Waals surface area contributed by atoms with Crippen molar-refractivity contribution in [3.8, 4) is 5.75 Å². The zero-order valence-corrected chi connectivity index (χ0v) is 10.6. The van der Waals surface area contributed by atoms with Crippen LogP contribution in [-0.4, -0.2) is 19.2 Å². The van der Waals surface area contributed by atoms with Gasteiger partial charge in [-0.1, -0.05) is 26.0 Å². The second-order valence-electron chi connectivity index (χ2n) is 4.11. The fraction of sp³-hybridized carbons (Fsp3) is 0.571. The van der Waals surface area contributed by atoms with E-state index in [2.05, 4.69) is 44.3 Å². The van der Waals surface area contributed by atoms with Crippen molar-refractivity contribution in [1.82, 2.24) is 5.32 Å². The molecule has 0 aliphatic heterocycles. The van der Waals surface area contributed by atoms with E-state index in [1.165, 1.54) is 5.56 Å². The number of hydrogen-bond acceptors (Lipinski definition) is 2. The van der Waals surface area contributed by atoms with Crippen LogP contribution < -0.4 is 10.1 Å². The summed E-state index contributed by atoms with van der Waals surface area (Å²) in [5.41, 5.74) is 1.33. The van der Waals surface area contributed by atoms with Gasteiger partial charge in [-0.2, -0.15) is 0 Å². The van der Waals surface area contributed by atoms with E-state index in [0.29, 0.717) is 6.04 Å². The molecule has 0 radical (unpaired) electrons. The molecule has 0 bridgehead atoms. The smallest absolute Gasteiger partial charge is 0.119 e. The van der Waals surface area contributed by atoms with Crippen molar-refractivity contribution in [3.63, 3.8) is 0 Å². The molecule has 1 unspecified atom stereocenters. The minimum Gasteiger partial charge on any atom is -0.492 e. The Morgan fingerprint density at radius 3 is 2.81 bits per heavy atom. The molecule has 0 aliphatic carbocycles. The summed E-state index contributed by atoms with van der Waals surface area (Å²) >= 11 is 0. The van der Waals surface area contributed by atoms with Crippen molar-refractivity contribution in [2.45, 2.75) is 39.7 Å². The maximum Gasteiger partial charge on any atom is 0.119 e. The van der Waals surface area contributed by atoms with Gasteiger partial charge in [-0.3, -0.25) is 0 Å². The van der Waals surface area contributed by atoms with Crippen LogP contribution in [0.2, 0.25) is 0 Å². The average Bonchev–Trinajstić information content (AvgIpc) is 2.34. The van der Waals surface area contributed by atoms with Gasteiger partial charge in [0, 0.05) is 12.6 Å². The Bertz CT molecular complexity index is 299. The minimum absolute atomic E-state index is 0.575. The van der Waals surface area contributed by atoms with E-state index in [1.807, 2.05) is 6.07 Å². The molecule has 1 rings (SSSR count). The Morgan fingerprint density at radius 1 is 1.31 bits per heavy atom. The zero-order valence-electron chi connectivity index (χ0n) is 10.6. The van der Waals surface area contributed by atoms with Gasteiger partial charge in [-0.25, -0.2) is 0 Å². The lowest BCUT2D eigenvalue weighted by Crippen LogP contribution is -2.29. The normalized spacial score (nSPS) is 12.4. The summed E-state index contributed by atoms with van der Waals surface area (Å²) in [7, 11) is 0. The van der Waals surface area contributed by atoms with Gasteiger partial charge in [-0.15, -0.1) is 0 Å². The van der Waals surface area contributed by atoms with E-state index in [9.17, 15) is 0 Å². The molecule has 1 N–H and O–H groups in total. The fourth-order valence-corrected chi connectivity index (χ4v) is 1.47. The van der Waals surface area contributed by atoms with Gasteiger partial charge < -0.3 is 10.1 Å². The van der Waals surface area contributed by atoms with Gasteiger partial charge in [0.25, 0.3) is 0 Å².